The summed E-state index contributed by atoms with van der Waals surface area (Å²) in [4.78, 5) is 28.3. The first-order chi connectivity index (χ1) is 12.2. The number of amides is 2. The summed E-state index contributed by atoms with van der Waals surface area (Å²) in [5.41, 5.74) is -0.0165. The zero-order valence-corrected chi connectivity index (χ0v) is 16.4. The van der Waals surface area contributed by atoms with Gasteiger partial charge in [-0.1, -0.05) is 0 Å². The van der Waals surface area contributed by atoms with Crippen LogP contribution in [0.5, 0.6) is 11.5 Å². The molecule has 0 aliphatic carbocycles. The number of hydrogen-bond acceptors (Lipinski definition) is 5. The van der Waals surface area contributed by atoms with Gasteiger partial charge in [-0.3, -0.25) is 4.79 Å². The molecule has 26 heavy (non-hydrogen) atoms. The molecule has 7 nitrogen and oxygen atoms in total. The molecule has 2 rings (SSSR count). The van der Waals surface area contributed by atoms with Crippen LogP contribution in [0.1, 0.15) is 37.6 Å². The Hall–Kier alpha value is -2.44. The van der Waals surface area contributed by atoms with Gasteiger partial charge in [-0.15, -0.1) is 0 Å². The molecule has 7 heteroatoms. The van der Waals surface area contributed by atoms with Gasteiger partial charge in [-0.05, 0) is 45.4 Å². The lowest BCUT2D eigenvalue weighted by molar-refractivity contribution is 0.0279. The number of likely N-dealkylation sites (tertiary alicyclic amines) is 1. The van der Waals surface area contributed by atoms with E-state index in [0.717, 1.165) is 6.42 Å². The van der Waals surface area contributed by atoms with Crippen molar-refractivity contribution in [3.8, 4) is 11.5 Å². The molecule has 0 aromatic heterocycles. The predicted octanol–water partition coefficient (Wildman–Crippen LogP) is 2.79. The quantitative estimate of drug-likeness (QED) is 0.822. The lowest BCUT2D eigenvalue weighted by atomic mass is 10.1. The Morgan fingerprint density at radius 1 is 1.15 bits per heavy atom. The maximum absolute atomic E-state index is 12.8. The van der Waals surface area contributed by atoms with E-state index in [4.69, 9.17) is 14.2 Å². The Kier molecular flexibility index (Phi) is 6.00. The monoisotopic (exact) mass is 364 g/mol. The van der Waals surface area contributed by atoms with Gasteiger partial charge in [-0.2, -0.15) is 0 Å². The van der Waals surface area contributed by atoms with Crippen LogP contribution in [-0.4, -0.2) is 67.8 Å². The number of benzene rings is 1. The van der Waals surface area contributed by atoms with Gasteiger partial charge in [0.15, 0.2) is 11.5 Å². The van der Waals surface area contributed by atoms with Crippen LogP contribution in [0.15, 0.2) is 18.2 Å². The van der Waals surface area contributed by atoms with E-state index in [1.54, 1.807) is 42.2 Å². The van der Waals surface area contributed by atoms with E-state index in [-0.39, 0.29) is 18.0 Å². The van der Waals surface area contributed by atoms with Gasteiger partial charge < -0.3 is 24.0 Å². The summed E-state index contributed by atoms with van der Waals surface area (Å²) in [6.45, 7) is 6.55. The molecule has 0 radical (unpaired) electrons. The third-order valence-corrected chi connectivity index (χ3v) is 4.31. The van der Waals surface area contributed by atoms with Gasteiger partial charge in [0.05, 0.1) is 20.3 Å². The molecule has 0 N–H and O–H groups in total. The highest BCUT2D eigenvalue weighted by Crippen LogP contribution is 2.28. The largest absolute Gasteiger partial charge is 0.493 e. The molecule has 1 unspecified atom stereocenters. The van der Waals surface area contributed by atoms with Crippen LogP contribution in [-0.2, 0) is 4.74 Å². The van der Waals surface area contributed by atoms with Crippen molar-refractivity contribution in [3.63, 3.8) is 0 Å². The fraction of sp³-hybridized carbons (Fsp3) is 0.579. The third-order valence-electron chi connectivity index (χ3n) is 4.31. The third kappa shape index (κ3) is 4.59. The summed E-state index contributed by atoms with van der Waals surface area (Å²) in [7, 11) is 4.84. The normalized spacial score (nSPS) is 17.0. The summed E-state index contributed by atoms with van der Waals surface area (Å²) < 4.78 is 15.9. The van der Waals surface area contributed by atoms with E-state index in [9.17, 15) is 9.59 Å². The first kappa shape index (κ1) is 19.9. The zero-order chi connectivity index (χ0) is 19.5. The predicted molar refractivity (Wildman–Crippen MR) is 97.9 cm³/mol. The first-order valence-electron chi connectivity index (χ1n) is 8.63. The molecule has 2 amide bonds. The summed E-state index contributed by atoms with van der Waals surface area (Å²) >= 11 is 0. The molecule has 144 valence electrons. The Bertz CT molecular complexity index is 668. The maximum atomic E-state index is 12.8. The molecule has 1 heterocycles. The second-order valence-electron chi connectivity index (χ2n) is 7.35. The number of likely N-dealkylation sites (N-methyl/N-ethyl adjacent to an activating group) is 1. The number of carbonyl (C=O) groups is 2. The topological polar surface area (TPSA) is 68.3 Å². The van der Waals surface area contributed by atoms with E-state index >= 15 is 0 Å². The van der Waals surface area contributed by atoms with E-state index in [0.29, 0.717) is 30.2 Å². The SMILES string of the molecule is COc1ccc(C(=O)N(C)C2CCN(C(=O)OC(C)(C)C)C2)cc1OC. The highest BCUT2D eigenvalue weighted by molar-refractivity contribution is 5.95. The molecule has 1 aliphatic heterocycles. The minimum Gasteiger partial charge on any atom is -0.493 e. The smallest absolute Gasteiger partial charge is 0.410 e. The average molecular weight is 364 g/mol. The second-order valence-corrected chi connectivity index (χ2v) is 7.35. The number of ether oxygens (including phenoxy) is 3. The fourth-order valence-corrected chi connectivity index (χ4v) is 2.89. The van der Waals surface area contributed by atoms with Crippen LogP contribution in [0.4, 0.5) is 4.79 Å². The van der Waals surface area contributed by atoms with Crippen LogP contribution in [0.3, 0.4) is 0 Å². The number of rotatable bonds is 4. The molecule has 1 fully saturated rings. The minimum atomic E-state index is -0.531. The van der Waals surface area contributed by atoms with Gasteiger partial charge in [0, 0.05) is 25.7 Å². The lowest BCUT2D eigenvalue weighted by Crippen LogP contribution is -2.41. The molecule has 1 atom stereocenters. The van der Waals surface area contributed by atoms with Crippen LogP contribution in [0.2, 0.25) is 0 Å². The lowest BCUT2D eigenvalue weighted by Gasteiger charge is -2.27. The van der Waals surface area contributed by atoms with Crippen LogP contribution >= 0.6 is 0 Å². The van der Waals surface area contributed by atoms with Gasteiger partial charge in [0.25, 0.3) is 5.91 Å². The molecule has 0 bridgehead atoms. The fourth-order valence-electron chi connectivity index (χ4n) is 2.89. The molecule has 1 aliphatic rings. The van der Waals surface area contributed by atoms with Crippen molar-refractivity contribution in [1.29, 1.82) is 0 Å². The number of carbonyl (C=O) groups excluding carboxylic acids is 2. The number of methoxy groups -OCH3 is 2. The van der Waals surface area contributed by atoms with Gasteiger partial charge in [0.1, 0.15) is 5.60 Å². The van der Waals surface area contributed by atoms with Crippen molar-refractivity contribution in [2.24, 2.45) is 0 Å². The van der Waals surface area contributed by atoms with E-state index in [1.807, 2.05) is 20.8 Å². The van der Waals surface area contributed by atoms with Crippen molar-refractivity contribution in [2.45, 2.75) is 38.8 Å². The van der Waals surface area contributed by atoms with Crippen LogP contribution in [0.25, 0.3) is 0 Å². The Morgan fingerprint density at radius 2 is 1.81 bits per heavy atom. The van der Waals surface area contributed by atoms with E-state index < -0.39 is 5.60 Å². The highest BCUT2D eigenvalue weighted by Gasteiger charge is 2.33. The molecular formula is C19H28N2O5. The minimum absolute atomic E-state index is 0.0527. The standard InChI is InChI=1S/C19H28N2O5/c1-19(2,3)26-18(23)21-10-9-14(12-21)20(4)17(22)13-7-8-15(24-5)16(11-13)25-6/h7-8,11,14H,9-10,12H2,1-6H3. The molecule has 0 spiro atoms. The molecule has 1 aromatic rings. The number of hydrogen-bond donors (Lipinski definition) is 0. The van der Waals surface area contributed by atoms with Crippen molar-refractivity contribution in [2.75, 3.05) is 34.4 Å². The van der Waals surface area contributed by atoms with Crippen molar-refractivity contribution >= 4 is 12.0 Å². The van der Waals surface area contributed by atoms with Gasteiger partial charge >= 0.3 is 6.09 Å². The van der Waals surface area contributed by atoms with Crippen molar-refractivity contribution < 1.29 is 23.8 Å². The van der Waals surface area contributed by atoms with Gasteiger partial charge in [-0.25, -0.2) is 4.79 Å². The molecular weight excluding hydrogens is 336 g/mol. The summed E-state index contributed by atoms with van der Waals surface area (Å²) in [6, 6.07) is 5.03. The highest BCUT2D eigenvalue weighted by atomic mass is 16.6. The molecule has 0 saturated carbocycles. The van der Waals surface area contributed by atoms with Crippen LogP contribution < -0.4 is 9.47 Å². The second kappa shape index (κ2) is 7.85. The average Bonchev–Trinajstić information content (AvgIpc) is 3.08. The van der Waals surface area contributed by atoms with E-state index in [2.05, 4.69) is 0 Å². The Morgan fingerprint density at radius 3 is 2.38 bits per heavy atom. The first-order valence-corrected chi connectivity index (χ1v) is 8.63. The maximum Gasteiger partial charge on any atom is 0.410 e. The Balaban J connectivity index is 2.04. The summed E-state index contributed by atoms with van der Waals surface area (Å²) in [5.74, 6) is 0.958. The Labute approximate surface area is 154 Å². The van der Waals surface area contributed by atoms with Crippen molar-refractivity contribution in [1.82, 2.24) is 9.80 Å². The van der Waals surface area contributed by atoms with Gasteiger partial charge in [0.2, 0.25) is 0 Å². The zero-order valence-electron chi connectivity index (χ0n) is 16.4. The summed E-state index contributed by atoms with van der Waals surface area (Å²) in [6.07, 6.45) is 0.376. The van der Waals surface area contributed by atoms with Crippen molar-refractivity contribution in [3.05, 3.63) is 23.8 Å². The number of nitrogens with zero attached hydrogens (tertiary/aromatic N) is 2. The summed E-state index contributed by atoms with van der Waals surface area (Å²) in [5, 5.41) is 0. The molecule has 1 saturated heterocycles. The van der Waals surface area contributed by atoms with Crippen LogP contribution in [0, 0.1) is 0 Å². The van der Waals surface area contributed by atoms with E-state index in [1.165, 1.54) is 7.11 Å². The molecule has 1 aromatic carbocycles.